The van der Waals surface area contributed by atoms with Crippen molar-refractivity contribution in [1.82, 2.24) is 0 Å². The average Bonchev–Trinajstić information content (AvgIpc) is 2.33. The molecule has 0 saturated carbocycles. The van der Waals surface area contributed by atoms with Crippen LogP contribution in [0.3, 0.4) is 0 Å². The van der Waals surface area contributed by atoms with Crippen LogP contribution >= 0.6 is 15.9 Å². The Kier molecular flexibility index (Phi) is 5.77. The van der Waals surface area contributed by atoms with E-state index in [9.17, 15) is 14.9 Å². The molecule has 0 spiro atoms. The van der Waals surface area contributed by atoms with E-state index in [1.165, 1.54) is 12.1 Å². The third kappa shape index (κ3) is 4.83. The lowest BCUT2D eigenvalue weighted by Crippen LogP contribution is -2.02. The van der Waals surface area contributed by atoms with Crippen molar-refractivity contribution in [1.29, 1.82) is 0 Å². The highest BCUT2D eigenvalue weighted by molar-refractivity contribution is 9.10. The lowest BCUT2D eigenvalue weighted by Gasteiger charge is -2.06. The zero-order valence-electron chi connectivity index (χ0n) is 10.0. The summed E-state index contributed by atoms with van der Waals surface area (Å²) in [6.45, 7) is 2.19. The molecule has 0 bridgehead atoms. The summed E-state index contributed by atoms with van der Waals surface area (Å²) >= 11 is 3.19. The fourth-order valence-electron chi connectivity index (χ4n) is 1.37. The largest absolute Gasteiger partial charge is 0.493 e. The smallest absolute Gasteiger partial charge is 0.274 e. The van der Waals surface area contributed by atoms with Crippen LogP contribution in [-0.2, 0) is 4.79 Å². The Labute approximate surface area is 113 Å². The van der Waals surface area contributed by atoms with Crippen LogP contribution in [0.2, 0.25) is 0 Å². The van der Waals surface area contributed by atoms with Crippen LogP contribution < -0.4 is 4.74 Å². The number of Topliss-reactive ketones (excluding diaryl/α,β-unsaturated/α-hetero) is 1. The summed E-state index contributed by atoms with van der Waals surface area (Å²) < 4.78 is 5.98. The highest BCUT2D eigenvalue weighted by Crippen LogP contribution is 2.26. The molecular formula is C12H14BrNO4. The van der Waals surface area contributed by atoms with E-state index in [0.717, 1.165) is 0 Å². The van der Waals surface area contributed by atoms with E-state index in [2.05, 4.69) is 15.9 Å². The van der Waals surface area contributed by atoms with Gasteiger partial charge in [-0.1, -0.05) is 22.9 Å². The molecule has 0 atom stereocenters. The molecular weight excluding hydrogens is 302 g/mol. The number of ketones is 1. The second kappa shape index (κ2) is 7.10. The van der Waals surface area contributed by atoms with E-state index in [1.54, 1.807) is 6.07 Å². The van der Waals surface area contributed by atoms with Gasteiger partial charge < -0.3 is 4.74 Å². The second-order valence-corrected chi connectivity index (χ2v) is 4.66. The number of nitro groups is 1. The number of carbonyl (C=O) groups excluding carboxylic acids is 1. The highest BCUT2D eigenvalue weighted by atomic mass is 79.9. The molecule has 6 heteroatoms. The van der Waals surface area contributed by atoms with Crippen LogP contribution in [0.25, 0.3) is 0 Å². The van der Waals surface area contributed by atoms with Gasteiger partial charge in [-0.05, 0) is 12.5 Å². The minimum atomic E-state index is -0.474. The molecule has 0 amide bonds. The molecule has 0 heterocycles. The van der Waals surface area contributed by atoms with Gasteiger partial charge in [-0.25, -0.2) is 0 Å². The molecule has 1 aromatic rings. The molecule has 0 fully saturated rings. The first-order chi connectivity index (χ1) is 8.52. The summed E-state index contributed by atoms with van der Waals surface area (Å²) in [5.41, 5.74) is -0.0241. The van der Waals surface area contributed by atoms with Crippen molar-refractivity contribution in [3.63, 3.8) is 0 Å². The number of non-ortho nitro benzene ring substituents is 1. The summed E-state index contributed by atoms with van der Waals surface area (Å²) in [5, 5.41) is 10.6. The maximum atomic E-state index is 11.1. The Morgan fingerprint density at radius 1 is 1.44 bits per heavy atom. The number of carbonyl (C=O) groups is 1. The van der Waals surface area contributed by atoms with Gasteiger partial charge in [-0.15, -0.1) is 0 Å². The first kappa shape index (κ1) is 14.6. The monoisotopic (exact) mass is 315 g/mol. The molecule has 0 aliphatic rings. The molecule has 18 heavy (non-hydrogen) atoms. The molecule has 0 saturated heterocycles. The van der Waals surface area contributed by atoms with Crippen molar-refractivity contribution >= 4 is 27.4 Å². The fraction of sp³-hybridized carbons (Fsp3) is 0.417. The summed E-state index contributed by atoms with van der Waals surface area (Å²) in [4.78, 5) is 21.2. The zero-order chi connectivity index (χ0) is 13.5. The van der Waals surface area contributed by atoms with Crippen LogP contribution in [-0.4, -0.2) is 17.3 Å². The minimum absolute atomic E-state index is 0.0241. The molecule has 1 aromatic carbocycles. The molecule has 0 aliphatic carbocycles. The number of halogens is 1. The summed E-state index contributed by atoms with van der Waals surface area (Å²) in [7, 11) is 0. The lowest BCUT2D eigenvalue weighted by atomic mass is 10.2. The first-order valence-corrected chi connectivity index (χ1v) is 6.41. The lowest BCUT2D eigenvalue weighted by molar-refractivity contribution is -0.385. The zero-order valence-corrected chi connectivity index (χ0v) is 11.6. The summed E-state index contributed by atoms with van der Waals surface area (Å²) in [5.74, 6) is 0.624. The van der Waals surface area contributed by atoms with Crippen molar-refractivity contribution in [3.05, 3.63) is 32.8 Å². The van der Waals surface area contributed by atoms with Gasteiger partial charge in [0, 0.05) is 23.4 Å². The molecule has 0 N–H and O–H groups in total. The van der Waals surface area contributed by atoms with E-state index >= 15 is 0 Å². The van der Waals surface area contributed by atoms with Gasteiger partial charge in [0.25, 0.3) is 5.69 Å². The third-order valence-corrected chi connectivity index (χ3v) is 2.79. The number of nitrogens with zero attached hydrogens (tertiary/aromatic N) is 1. The van der Waals surface area contributed by atoms with E-state index in [1.807, 2.05) is 6.92 Å². The van der Waals surface area contributed by atoms with Crippen molar-refractivity contribution in [2.45, 2.75) is 26.2 Å². The average molecular weight is 316 g/mol. The van der Waals surface area contributed by atoms with Gasteiger partial charge in [-0.2, -0.15) is 0 Å². The van der Waals surface area contributed by atoms with E-state index < -0.39 is 4.92 Å². The Morgan fingerprint density at radius 3 is 2.78 bits per heavy atom. The Hall–Kier alpha value is -1.43. The quantitative estimate of drug-likeness (QED) is 0.438. The van der Waals surface area contributed by atoms with Gasteiger partial charge >= 0.3 is 0 Å². The summed E-state index contributed by atoms with van der Waals surface area (Å²) in [6.07, 6.45) is 1.63. The SMILES string of the molecule is CCC(=O)CCCOc1cc(Br)cc([N+](=O)[O-])c1. The van der Waals surface area contributed by atoms with Gasteiger partial charge in [0.2, 0.25) is 0 Å². The normalized spacial score (nSPS) is 10.1. The van der Waals surface area contributed by atoms with Gasteiger partial charge in [0.1, 0.15) is 11.5 Å². The van der Waals surface area contributed by atoms with Crippen LogP contribution in [0.15, 0.2) is 22.7 Å². The van der Waals surface area contributed by atoms with Crippen molar-refractivity contribution < 1.29 is 14.5 Å². The first-order valence-electron chi connectivity index (χ1n) is 5.62. The van der Waals surface area contributed by atoms with Crippen molar-refractivity contribution in [3.8, 4) is 5.75 Å². The number of hydrogen-bond donors (Lipinski definition) is 0. The van der Waals surface area contributed by atoms with Crippen molar-refractivity contribution in [2.75, 3.05) is 6.61 Å². The molecule has 0 aromatic heterocycles. The number of hydrogen-bond acceptors (Lipinski definition) is 4. The maximum Gasteiger partial charge on any atom is 0.274 e. The molecule has 0 radical (unpaired) electrons. The van der Waals surface area contributed by atoms with Crippen LogP contribution in [0.4, 0.5) is 5.69 Å². The van der Waals surface area contributed by atoms with Crippen molar-refractivity contribution in [2.24, 2.45) is 0 Å². The standard InChI is InChI=1S/C12H14BrNO4/c1-2-11(15)4-3-5-18-12-7-9(13)6-10(8-12)14(16)17/h6-8H,2-5H2,1H3. The molecule has 1 rings (SSSR count). The number of nitro benzene ring substituents is 1. The van der Waals surface area contributed by atoms with Crippen LogP contribution in [0.5, 0.6) is 5.75 Å². The third-order valence-electron chi connectivity index (χ3n) is 2.33. The maximum absolute atomic E-state index is 11.1. The second-order valence-electron chi connectivity index (χ2n) is 3.75. The molecule has 0 aliphatic heterocycles. The topological polar surface area (TPSA) is 69.4 Å². The predicted octanol–water partition coefficient (Wildman–Crippen LogP) is 3.50. The predicted molar refractivity (Wildman–Crippen MR) is 70.8 cm³/mol. The Bertz CT molecular complexity index is 448. The van der Waals surface area contributed by atoms with E-state index in [4.69, 9.17) is 4.74 Å². The minimum Gasteiger partial charge on any atom is -0.493 e. The van der Waals surface area contributed by atoms with Crippen LogP contribution in [0.1, 0.15) is 26.2 Å². The molecule has 98 valence electrons. The van der Waals surface area contributed by atoms with Crippen LogP contribution in [0, 0.1) is 10.1 Å². The number of rotatable bonds is 7. The number of benzene rings is 1. The highest BCUT2D eigenvalue weighted by Gasteiger charge is 2.09. The Balaban J connectivity index is 2.52. The molecule has 0 unspecified atom stereocenters. The van der Waals surface area contributed by atoms with E-state index in [0.29, 0.717) is 36.1 Å². The molecule has 5 nitrogen and oxygen atoms in total. The van der Waals surface area contributed by atoms with Gasteiger partial charge in [0.15, 0.2) is 0 Å². The summed E-state index contributed by atoms with van der Waals surface area (Å²) in [6, 6.07) is 4.44. The van der Waals surface area contributed by atoms with E-state index in [-0.39, 0.29) is 11.5 Å². The Morgan fingerprint density at radius 2 is 2.17 bits per heavy atom. The number of ether oxygens (including phenoxy) is 1. The van der Waals surface area contributed by atoms with Gasteiger partial charge in [0.05, 0.1) is 17.6 Å². The van der Waals surface area contributed by atoms with Gasteiger partial charge in [-0.3, -0.25) is 14.9 Å². The fourth-order valence-corrected chi connectivity index (χ4v) is 1.83.